The number of para-hydroxylation sites is 2. The summed E-state index contributed by atoms with van der Waals surface area (Å²) in [5.74, 6) is 0.892. The Labute approximate surface area is 193 Å². The number of thiophene rings is 1. The quantitative estimate of drug-likeness (QED) is 0.349. The molecular formula is C23H22N4O3S2. The number of fused-ring (bicyclic) bond motifs is 1. The highest BCUT2D eigenvalue weighted by molar-refractivity contribution is 7.99. The maximum Gasteiger partial charge on any atom is 0.253 e. The number of methoxy groups -OCH3 is 1. The van der Waals surface area contributed by atoms with Gasteiger partial charge >= 0.3 is 0 Å². The first-order valence-electron chi connectivity index (χ1n) is 10.3. The predicted molar refractivity (Wildman–Crippen MR) is 126 cm³/mol. The summed E-state index contributed by atoms with van der Waals surface area (Å²) in [4.78, 5) is 19.1. The lowest BCUT2D eigenvalue weighted by molar-refractivity contribution is -0.130. The SMILES string of the molecule is COCCn1c(SCC(=O)N2N=C(c3ccco3)CC2c2cccs2)nc2ccccc21. The van der Waals surface area contributed by atoms with Crippen molar-refractivity contribution in [3.63, 3.8) is 0 Å². The number of ether oxygens (including phenoxy) is 1. The van der Waals surface area contributed by atoms with Crippen LogP contribution in [0.5, 0.6) is 0 Å². The van der Waals surface area contributed by atoms with Gasteiger partial charge in [0, 0.05) is 25.0 Å². The fourth-order valence-electron chi connectivity index (χ4n) is 3.79. The van der Waals surface area contributed by atoms with E-state index in [-0.39, 0.29) is 17.7 Å². The third-order valence-corrected chi connectivity index (χ3v) is 7.24. The second-order valence-corrected chi connectivity index (χ2v) is 9.24. The molecule has 9 heteroatoms. The van der Waals surface area contributed by atoms with Crippen LogP contribution in [0.4, 0.5) is 0 Å². The molecule has 1 aliphatic rings. The van der Waals surface area contributed by atoms with Gasteiger partial charge in [0.25, 0.3) is 5.91 Å². The lowest BCUT2D eigenvalue weighted by Crippen LogP contribution is -2.28. The minimum atomic E-state index is -0.115. The van der Waals surface area contributed by atoms with Crippen molar-refractivity contribution in [2.45, 2.75) is 24.2 Å². The molecule has 1 atom stereocenters. The summed E-state index contributed by atoms with van der Waals surface area (Å²) in [7, 11) is 1.68. The Balaban J connectivity index is 1.38. The molecular weight excluding hydrogens is 444 g/mol. The molecule has 4 heterocycles. The molecule has 0 saturated carbocycles. The Bertz CT molecular complexity index is 1230. The second-order valence-electron chi connectivity index (χ2n) is 7.31. The minimum Gasteiger partial charge on any atom is -0.463 e. The van der Waals surface area contributed by atoms with Crippen molar-refractivity contribution >= 4 is 45.8 Å². The van der Waals surface area contributed by atoms with Crippen LogP contribution in [0.1, 0.15) is 23.1 Å². The number of hydrazone groups is 1. The highest BCUT2D eigenvalue weighted by Crippen LogP contribution is 2.36. The van der Waals surface area contributed by atoms with E-state index in [0.29, 0.717) is 25.3 Å². The molecule has 0 fully saturated rings. The van der Waals surface area contributed by atoms with Gasteiger partial charge in [0.1, 0.15) is 11.5 Å². The number of carbonyl (C=O) groups is 1. The van der Waals surface area contributed by atoms with E-state index in [1.807, 2.05) is 53.9 Å². The number of amides is 1. The Hall–Kier alpha value is -2.88. The normalized spacial score (nSPS) is 16.1. The molecule has 32 heavy (non-hydrogen) atoms. The number of hydrogen-bond acceptors (Lipinski definition) is 7. The summed E-state index contributed by atoms with van der Waals surface area (Å²) in [5, 5.41) is 9.09. The Morgan fingerprint density at radius 3 is 2.94 bits per heavy atom. The maximum absolute atomic E-state index is 13.3. The molecule has 4 aromatic rings. The topological polar surface area (TPSA) is 72.9 Å². The van der Waals surface area contributed by atoms with Gasteiger partial charge in [-0.25, -0.2) is 9.99 Å². The predicted octanol–water partition coefficient (Wildman–Crippen LogP) is 4.81. The summed E-state index contributed by atoms with van der Waals surface area (Å²) in [6, 6.07) is 15.6. The van der Waals surface area contributed by atoms with E-state index in [4.69, 9.17) is 14.1 Å². The Morgan fingerprint density at radius 1 is 1.25 bits per heavy atom. The van der Waals surface area contributed by atoms with Gasteiger partial charge in [0.15, 0.2) is 5.16 Å². The molecule has 7 nitrogen and oxygen atoms in total. The van der Waals surface area contributed by atoms with Crippen LogP contribution in [0.2, 0.25) is 0 Å². The van der Waals surface area contributed by atoms with Crippen LogP contribution < -0.4 is 0 Å². The van der Waals surface area contributed by atoms with Gasteiger partial charge < -0.3 is 13.7 Å². The number of furan rings is 1. The Kier molecular flexibility index (Phi) is 6.11. The van der Waals surface area contributed by atoms with Gasteiger partial charge in [0.2, 0.25) is 0 Å². The van der Waals surface area contributed by atoms with Crippen LogP contribution in [0.3, 0.4) is 0 Å². The third-order valence-electron chi connectivity index (χ3n) is 5.31. The number of hydrogen-bond donors (Lipinski definition) is 0. The van der Waals surface area contributed by atoms with E-state index in [1.54, 1.807) is 29.7 Å². The molecule has 5 rings (SSSR count). The van der Waals surface area contributed by atoms with Crippen molar-refractivity contribution in [1.82, 2.24) is 14.6 Å². The van der Waals surface area contributed by atoms with Crippen molar-refractivity contribution in [3.05, 3.63) is 70.8 Å². The minimum absolute atomic E-state index is 0.0553. The first-order chi connectivity index (χ1) is 15.7. The lowest BCUT2D eigenvalue weighted by Gasteiger charge is -2.20. The highest BCUT2D eigenvalue weighted by atomic mass is 32.2. The highest BCUT2D eigenvalue weighted by Gasteiger charge is 2.34. The second kappa shape index (κ2) is 9.32. The molecule has 0 spiro atoms. The molecule has 3 aromatic heterocycles. The van der Waals surface area contributed by atoms with Crippen LogP contribution in [0.15, 0.2) is 74.8 Å². The molecule has 1 amide bonds. The van der Waals surface area contributed by atoms with E-state index >= 15 is 0 Å². The van der Waals surface area contributed by atoms with Gasteiger partial charge in [-0.3, -0.25) is 4.79 Å². The summed E-state index contributed by atoms with van der Waals surface area (Å²) in [5.41, 5.74) is 2.74. The maximum atomic E-state index is 13.3. The summed E-state index contributed by atoms with van der Waals surface area (Å²) in [6.07, 6.45) is 2.26. The number of thioether (sulfide) groups is 1. The van der Waals surface area contributed by atoms with E-state index in [9.17, 15) is 4.79 Å². The van der Waals surface area contributed by atoms with Crippen LogP contribution in [0.25, 0.3) is 11.0 Å². The van der Waals surface area contributed by atoms with Gasteiger partial charge in [-0.05, 0) is 35.7 Å². The number of aromatic nitrogens is 2. The summed E-state index contributed by atoms with van der Waals surface area (Å²) >= 11 is 3.07. The number of benzene rings is 1. The van der Waals surface area contributed by atoms with Gasteiger partial charge in [-0.1, -0.05) is 30.0 Å². The molecule has 164 valence electrons. The number of nitrogens with zero attached hydrogens (tertiary/aromatic N) is 4. The average Bonchev–Trinajstić information content (AvgIpc) is 3.61. The molecule has 1 aromatic carbocycles. The zero-order valence-electron chi connectivity index (χ0n) is 17.5. The zero-order valence-corrected chi connectivity index (χ0v) is 19.1. The van der Waals surface area contributed by atoms with E-state index in [2.05, 4.69) is 9.67 Å². The zero-order chi connectivity index (χ0) is 21.9. The van der Waals surface area contributed by atoms with E-state index < -0.39 is 0 Å². The molecule has 0 bridgehead atoms. The fourth-order valence-corrected chi connectivity index (χ4v) is 5.49. The molecule has 1 aliphatic heterocycles. The van der Waals surface area contributed by atoms with Crippen molar-refractivity contribution in [2.75, 3.05) is 19.5 Å². The first kappa shape index (κ1) is 21.0. The van der Waals surface area contributed by atoms with Gasteiger partial charge in [0.05, 0.1) is 35.7 Å². The van der Waals surface area contributed by atoms with Gasteiger partial charge in [-0.2, -0.15) is 5.10 Å². The smallest absolute Gasteiger partial charge is 0.253 e. The van der Waals surface area contributed by atoms with Crippen LogP contribution in [-0.2, 0) is 16.1 Å². The Morgan fingerprint density at radius 2 is 2.16 bits per heavy atom. The molecule has 0 radical (unpaired) electrons. The number of imidazole rings is 1. The monoisotopic (exact) mass is 466 g/mol. The molecule has 0 saturated heterocycles. The van der Waals surface area contributed by atoms with Crippen LogP contribution >= 0.6 is 23.1 Å². The van der Waals surface area contributed by atoms with Crippen molar-refractivity contribution in [2.24, 2.45) is 5.10 Å². The molecule has 0 N–H and O–H groups in total. The van der Waals surface area contributed by atoms with Gasteiger partial charge in [-0.15, -0.1) is 11.3 Å². The largest absolute Gasteiger partial charge is 0.463 e. The summed E-state index contributed by atoms with van der Waals surface area (Å²) in [6.45, 7) is 1.25. The third kappa shape index (κ3) is 4.11. The number of rotatable bonds is 8. The van der Waals surface area contributed by atoms with Crippen LogP contribution in [-0.4, -0.2) is 45.6 Å². The van der Waals surface area contributed by atoms with E-state index in [1.165, 1.54) is 11.8 Å². The fraction of sp³-hybridized carbons (Fsp3) is 0.261. The lowest BCUT2D eigenvalue weighted by atomic mass is 10.1. The van der Waals surface area contributed by atoms with E-state index in [0.717, 1.165) is 26.8 Å². The van der Waals surface area contributed by atoms with Crippen LogP contribution in [0, 0.1) is 0 Å². The molecule has 1 unspecified atom stereocenters. The van der Waals surface area contributed by atoms with Crippen molar-refractivity contribution in [3.8, 4) is 0 Å². The molecule has 0 aliphatic carbocycles. The van der Waals surface area contributed by atoms with Crippen molar-refractivity contribution < 1.29 is 13.9 Å². The van der Waals surface area contributed by atoms with Crippen molar-refractivity contribution in [1.29, 1.82) is 0 Å². The standard InChI is InChI=1S/C23H22N4O3S2/c1-29-12-10-26-18-7-3-2-6-16(18)24-23(26)32-15-22(28)27-19(21-9-5-13-31-21)14-17(25-27)20-8-4-11-30-20/h2-9,11,13,19H,10,12,14-15H2,1H3. The first-order valence-corrected chi connectivity index (χ1v) is 12.1. The number of carbonyl (C=O) groups excluding carboxylic acids is 1. The average molecular weight is 467 g/mol. The summed E-state index contributed by atoms with van der Waals surface area (Å²) < 4.78 is 12.9.